The van der Waals surface area contributed by atoms with E-state index in [-0.39, 0.29) is 33.9 Å². The molecule has 0 bridgehead atoms. The summed E-state index contributed by atoms with van der Waals surface area (Å²) in [6, 6.07) is 27.5. The van der Waals surface area contributed by atoms with Gasteiger partial charge in [-0.15, -0.1) is 23.1 Å². The fourth-order valence-corrected chi connectivity index (χ4v) is 9.23. The number of hydrogen-bond donors (Lipinski definition) is 4. The van der Waals surface area contributed by atoms with E-state index in [2.05, 4.69) is 20.8 Å². The number of thioether (sulfide) groups is 1. The van der Waals surface area contributed by atoms with Crippen LogP contribution in [0.1, 0.15) is 48.1 Å². The second-order valence-corrected chi connectivity index (χ2v) is 15.5. The maximum atomic E-state index is 14.3. The number of carbonyl (C=O) groups excluding carboxylic acids is 3. The van der Waals surface area contributed by atoms with Crippen LogP contribution in [0.5, 0.6) is 0 Å². The van der Waals surface area contributed by atoms with Crippen molar-refractivity contribution in [3.8, 4) is 0 Å². The van der Waals surface area contributed by atoms with Crippen LogP contribution in [0.25, 0.3) is 0 Å². The van der Waals surface area contributed by atoms with Crippen LogP contribution in [0, 0.1) is 5.92 Å². The van der Waals surface area contributed by atoms with E-state index in [4.69, 9.17) is 10.6 Å². The largest absolute Gasteiger partial charge is 0.477 e. The summed E-state index contributed by atoms with van der Waals surface area (Å²) in [6.07, 6.45) is 3.13. The monoisotopic (exact) mass is 760 g/mol. The van der Waals surface area contributed by atoms with Gasteiger partial charge in [0, 0.05) is 39.9 Å². The van der Waals surface area contributed by atoms with Crippen LogP contribution < -0.4 is 16.4 Å². The first-order chi connectivity index (χ1) is 26.3. The summed E-state index contributed by atoms with van der Waals surface area (Å²) in [5.74, 6) is -2.12. The number of carboxylic acids is 1. The number of nitrogens with zero attached hydrogens (tertiary/aromatic N) is 3. The third kappa shape index (κ3) is 6.45. The summed E-state index contributed by atoms with van der Waals surface area (Å²) in [7, 11) is 0. The van der Waals surface area contributed by atoms with E-state index in [1.165, 1.54) is 16.7 Å². The number of nitrogens with one attached hydrogen (secondary N) is 2. The maximum Gasteiger partial charge on any atom is 0.352 e. The van der Waals surface area contributed by atoms with Gasteiger partial charge in [0.15, 0.2) is 10.8 Å². The summed E-state index contributed by atoms with van der Waals surface area (Å²) in [5, 5.41) is 21.7. The molecule has 1 aliphatic carbocycles. The molecule has 1 saturated carbocycles. The number of oxime groups is 1. The minimum absolute atomic E-state index is 0.139. The highest BCUT2D eigenvalue weighted by Gasteiger charge is 2.55. The van der Waals surface area contributed by atoms with Crippen molar-refractivity contribution in [3.05, 3.63) is 141 Å². The number of hydrogen-bond acceptors (Lipinski definition) is 10. The van der Waals surface area contributed by atoms with Crippen LogP contribution in [-0.4, -0.2) is 68.1 Å². The standard InChI is InChI=1S/C40H36N6O6S2/c41-39-43-30(22-54-39)31(45-52-40(24-10-4-1-5-11-24,25-12-6-2-7-13-25)26-14-8-3-9-15-26)35(48)44-32-36(49)46-33(38(50)51)29(21-53-37(32)46)28(20-23-16-17-23)27-18-19-42-34(27)47/h1-15,22-23,32,37H,16-21H2,(H2,41,43)(H,42,47)(H,44,48)(H,50,51)/t32-,37-/m1/s1. The maximum absolute atomic E-state index is 14.3. The summed E-state index contributed by atoms with van der Waals surface area (Å²) >= 11 is 2.47. The van der Waals surface area contributed by atoms with Crippen molar-refractivity contribution in [2.24, 2.45) is 11.1 Å². The second kappa shape index (κ2) is 14.6. The van der Waals surface area contributed by atoms with Gasteiger partial charge in [-0.1, -0.05) is 96.2 Å². The summed E-state index contributed by atoms with van der Waals surface area (Å²) in [6.45, 7) is 0.492. The van der Waals surface area contributed by atoms with Gasteiger partial charge in [-0.3, -0.25) is 19.3 Å². The predicted molar refractivity (Wildman–Crippen MR) is 205 cm³/mol. The van der Waals surface area contributed by atoms with E-state index in [1.54, 1.807) is 5.38 Å². The lowest BCUT2D eigenvalue weighted by Gasteiger charge is -2.49. The van der Waals surface area contributed by atoms with Crippen LogP contribution in [-0.2, 0) is 29.6 Å². The SMILES string of the molecule is Nc1nc(C(=NOC(c2ccccc2)(c2ccccc2)c2ccccc2)C(=O)N[C@@H]2C(=O)N3C(C(=O)O)=C(C(CC4CC4)=C4CCNC4=O)CS[C@H]23)cs1. The summed E-state index contributed by atoms with van der Waals surface area (Å²) in [5.41, 5.74) is 8.58. The number of β-lactam (4-membered cyclic amide) rings is 1. The van der Waals surface area contributed by atoms with Gasteiger partial charge in [0.25, 0.3) is 11.8 Å². The van der Waals surface area contributed by atoms with Crippen molar-refractivity contribution in [1.82, 2.24) is 20.5 Å². The number of anilines is 1. The van der Waals surface area contributed by atoms with Crippen molar-refractivity contribution >= 4 is 57.6 Å². The van der Waals surface area contributed by atoms with E-state index in [9.17, 15) is 24.3 Å². The minimum atomic E-state index is -1.31. The summed E-state index contributed by atoms with van der Waals surface area (Å²) in [4.78, 5) is 65.9. The molecule has 0 unspecified atom stereocenters. The first-order valence-electron chi connectivity index (χ1n) is 17.6. The van der Waals surface area contributed by atoms with Crippen LogP contribution >= 0.6 is 23.1 Å². The number of amides is 3. The van der Waals surface area contributed by atoms with Gasteiger partial charge in [-0.05, 0) is 42.7 Å². The van der Waals surface area contributed by atoms with E-state index < -0.39 is 34.8 Å². The van der Waals surface area contributed by atoms with E-state index in [0.29, 0.717) is 36.5 Å². The molecule has 0 spiro atoms. The average Bonchev–Trinajstić information content (AvgIpc) is 3.77. The quantitative estimate of drug-likeness (QED) is 0.0520. The zero-order valence-corrected chi connectivity index (χ0v) is 30.6. The van der Waals surface area contributed by atoms with E-state index >= 15 is 0 Å². The molecule has 3 aromatic carbocycles. The van der Waals surface area contributed by atoms with Gasteiger partial charge in [-0.25, -0.2) is 9.78 Å². The number of rotatable bonds is 12. The highest BCUT2D eigenvalue weighted by Crippen LogP contribution is 2.47. The molecule has 5 N–H and O–H groups in total. The number of thiazole rings is 1. The fraction of sp³-hybridized carbons (Fsp3) is 0.250. The number of aromatic nitrogens is 1. The van der Waals surface area contributed by atoms with Crippen molar-refractivity contribution in [1.29, 1.82) is 0 Å². The third-order valence-corrected chi connectivity index (χ3v) is 12.1. The average molecular weight is 761 g/mol. The Labute approximate surface area is 319 Å². The zero-order valence-electron chi connectivity index (χ0n) is 28.9. The zero-order chi connectivity index (χ0) is 37.4. The topological polar surface area (TPSA) is 176 Å². The van der Waals surface area contributed by atoms with E-state index in [1.807, 2.05) is 91.0 Å². The first kappa shape index (κ1) is 35.3. The third-order valence-electron chi connectivity index (χ3n) is 10.1. The molecular formula is C40H36N6O6S2. The smallest absolute Gasteiger partial charge is 0.352 e. The number of aliphatic carboxylic acids is 1. The molecule has 54 heavy (non-hydrogen) atoms. The molecule has 3 aliphatic heterocycles. The summed E-state index contributed by atoms with van der Waals surface area (Å²) < 4.78 is 0. The molecule has 4 aliphatic rings. The van der Waals surface area contributed by atoms with Crippen molar-refractivity contribution in [2.45, 2.75) is 42.7 Å². The Morgan fingerprint density at radius 1 is 0.981 bits per heavy atom. The molecule has 3 amide bonds. The van der Waals surface area contributed by atoms with Crippen LogP contribution in [0.3, 0.4) is 0 Å². The molecule has 4 heterocycles. The molecule has 0 radical (unpaired) electrons. The Morgan fingerprint density at radius 3 is 2.09 bits per heavy atom. The van der Waals surface area contributed by atoms with Gasteiger partial charge in [-0.2, -0.15) is 0 Å². The molecule has 274 valence electrons. The van der Waals surface area contributed by atoms with Gasteiger partial charge in [0.2, 0.25) is 11.5 Å². The molecule has 14 heteroatoms. The predicted octanol–water partition coefficient (Wildman–Crippen LogP) is 4.79. The lowest BCUT2D eigenvalue weighted by atomic mass is 9.80. The number of carboxylic acid groups (broad SMARTS) is 1. The number of allylic oxidation sites excluding steroid dienone is 1. The number of nitrogen functional groups attached to an aromatic ring is 1. The Balaban J connectivity index is 1.14. The molecule has 8 rings (SSSR count). The molecule has 1 aromatic heterocycles. The molecular weight excluding hydrogens is 725 g/mol. The lowest BCUT2D eigenvalue weighted by Crippen LogP contribution is -2.71. The lowest BCUT2D eigenvalue weighted by molar-refractivity contribution is -0.150. The van der Waals surface area contributed by atoms with Gasteiger partial charge < -0.3 is 26.3 Å². The molecule has 4 aromatic rings. The Hall–Kier alpha value is -5.73. The Morgan fingerprint density at radius 2 is 1.59 bits per heavy atom. The molecule has 2 atom stereocenters. The normalized spacial score (nSPS) is 20.9. The van der Waals surface area contributed by atoms with Crippen molar-refractivity contribution in [2.75, 3.05) is 18.0 Å². The Kier molecular flexibility index (Phi) is 9.54. The number of carbonyl (C=O) groups is 4. The molecule has 3 fully saturated rings. The van der Waals surface area contributed by atoms with Gasteiger partial charge in [0.05, 0.1) is 0 Å². The molecule has 2 saturated heterocycles. The number of nitrogens with two attached hydrogens (primary N) is 1. The van der Waals surface area contributed by atoms with Crippen molar-refractivity contribution < 1.29 is 29.1 Å². The van der Waals surface area contributed by atoms with Crippen molar-refractivity contribution in [3.63, 3.8) is 0 Å². The fourth-order valence-electron chi connectivity index (χ4n) is 7.30. The van der Waals surface area contributed by atoms with E-state index in [0.717, 1.165) is 46.4 Å². The first-order valence-corrected chi connectivity index (χ1v) is 19.6. The molecule has 12 nitrogen and oxygen atoms in total. The van der Waals surface area contributed by atoms with Gasteiger partial charge in [0.1, 0.15) is 22.8 Å². The van der Waals surface area contributed by atoms with Crippen LogP contribution in [0.15, 0.2) is 124 Å². The van der Waals surface area contributed by atoms with Crippen LogP contribution in [0.2, 0.25) is 0 Å². The second-order valence-electron chi connectivity index (χ2n) is 13.5. The highest BCUT2D eigenvalue weighted by atomic mass is 32.2. The van der Waals surface area contributed by atoms with Crippen LogP contribution in [0.4, 0.5) is 5.13 Å². The number of benzene rings is 3. The van der Waals surface area contributed by atoms with Gasteiger partial charge >= 0.3 is 5.97 Å². The minimum Gasteiger partial charge on any atom is -0.477 e. The highest BCUT2D eigenvalue weighted by molar-refractivity contribution is 8.00. The Bertz CT molecular complexity index is 2120. The number of fused-ring (bicyclic) bond motifs is 1.